The Morgan fingerprint density at radius 1 is 1.03 bits per heavy atom. The van der Waals surface area contributed by atoms with Gasteiger partial charge in [0.1, 0.15) is 12.4 Å². The van der Waals surface area contributed by atoms with E-state index in [2.05, 4.69) is 21.3 Å². The SMILES string of the molecule is Nc1c(-c2ccc(NC(=O)NC3CCC3)cc2)n(C2CCC2)c2cc(OCC3OCCO3)ccc12. The van der Waals surface area contributed by atoms with Gasteiger partial charge >= 0.3 is 6.03 Å². The minimum Gasteiger partial charge on any atom is -0.488 e. The van der Waals surface area contributed by atoms with Crippen molar-refractivity contribution in [1.29, 1.82) is 0 Å². The lowest BCUT2D eigenvalue weighted by Gasteiger charge is -2.30. The quantitative estimate of drug-likeness (QED) is 0.444. The van der Waals surface area contributed by atoms with Crippen LogP contribution in [0.15, 0.2) is 42.5 Å². The first-order valence-electron chi connectivity index (χ1n) is 12.6. The third-order valence-electron chi connectivity index (χ3n) is 7.39. The molecule has 1 aliphatic heterocycles. The zero-order valence-electron chi connectivity index (χ0n) is 19.8. The minimum absolute atomic E-state index is 0.147. The van der Waals surface area contributed by atoms with Gasteiger partial charge in [-0.2, -0.15) is 0 Å². The maximum atomic E-state index is 12.2. The first kappa shape index (κ1) is 22.2. The molecule has 0 radical (unpaired) electrons. The number of fused-ring (bicyclic) bond motifs is 1. The molecule has 1 saturated heterocycles. The number of amides is 2. The summed E-state index contributed by atoms with van der Waals surface area (Å²) in [6, 6.07) is 14.6. The molecule has 184 valence electrons. The Bertz CT molecular complexity index is 1210. The molecule has 0 bridgehead atoms. The summed E-state index contributed by atoms with van der Waals surface area (Å²) in [4.78, 5) is 12.2. The smallest absolute Gasteiger partial charge is 0.319 e. The van der Waals surface area contributed by atoms with Crippen LogP contribution < -0.4 is 21.1 Å². The summed E-state index contributed by atoms with van der Waals surface area (Å²) in [6.45, 7) is 1.58. The molecule has 0 unspecified atom stereocenters. The highest BCUT2D eigenvalue weighted by Gasteiger charge is 2.27. The third kappa shape index (κ3) is 4.44. The van der Waals surface area contributed by atoms with E-state index >= 15 is 0 Å². The molecule has 2 heterocycles. The molecule has 4 N–H and O–H groups in total. The largest absolute Gasteiger partial charge is 0.488 e. The van der Waals surface area contributed by atoms with Crippen molar-refractivity contribution in [3.05, 3.63) is 42.5 Å². The maximum absolute atomic E-state index is 12.2. The van der Waals surface area contributed by atoms with Crippen LogP contribution in [0.2, 0.25) is 0 Å². The van der Waals surface area contributed by atoms with Gasteiger partial charge in [-0.15, -0.1) is 0 Å². The summed E-state index contributed by atoms with van der Waals surface area (Å²) in [5.41, 5.74) is 11.4. The Kier molecular flexibility index (Phi) is 6.00. The minimum atomic E-state index is -0.312. The molecular formula is C27H32N4O4. The predicted molar refractivity (Wildman–Crippen MR) is 136 cm³/mol. The fraction of sp³-hybridized carbons (Fsp3) is 0.444. The van der Waals surface area contributed by atoms with Gasteiger partial charge in [0.15, 0.2) is 6.29 Å². The van der Waals surface area contributed by atoms with E-state index in [1.165, 1.54) is 12.8 Å². The summed E-state index contributed by atoms with van der Waals surface area (Å²) >= 11 is 0. The second-order valence-corrected chi connectivity index (χ2v) is 9.68. The number of carbonyl (C=O) groups excluding carboxylic acids is 1. The maximum Gasteiger partial charge on any atom is 0.319 e. The number of anilines is 2. The van der Waals surface area contributed by atoms with Crippen LogP contribution in [0.3, 0.4) is 0 Å². The van der Waals surface area contributed by atoms with E-state index in [0.29, 0.717) is 31.9 Å². The summed E-state index contributed by atoms with van der Waals surface area (Å²) in [5, 5.41) is 6.97. The van der Waals surface area contributed by atoms with Gasteiger partial charge in [0.05, 0.1) is 30.1 Å². The average molecular weight is 477 g/mol. The Balaban J connectivity index is 1.27. The topological polar surface area (TPSA) is 99.8 Å². The Morgan fingerprint density at radius 3 is 2.43 bits per heavy atom. The first-order valence-corrected chi connectivity index (χ1v) is 12.6. The molecule has 3 aliphatic rings. The molecule has 3 aromatic rings. The number of urea groups is 1. The van der Waals surface area contributed by atoms with E-state index in [1.54, 1.807) is 0 Å². The van der Waals surface area contributed by atoms with Crippen molar-refractivity contribution in [2.75, 3.05) is 30.9 Å². The highest BCUT2D eigenvalue weighted by molar-refractivity contribution is 6.02. The predicted octanol–water partition coefficient (Wildman–Crippen LogP) is 5.04. The highest BCUT2D eigenvalue weighted by Crippen LogP contribution is 2.45. The molecule has 1 aromatic heterocycles. The molecule has 6 rings (SSSR count). The fourth-order valence-corrected chi connectivity index (χ4v) is 5.01. The van der Waals surface area contributed by atoms with Crippen LogP contribution in [0.25, 0.3) is 22.2 Å². The van der Waals surface area contributed by atoms with Gasteiger partial charge in [0.25, 0.3) is 0 Å². The normalized spacial score (nSPS) is 18.9. The molecule has 0 atom stereocenters. The first-order chi connectivity index (χ1) is 17.2. The Labute approximate surface area is 204 Å². The Morgan fingerprint density at radius 2 is 1.77 bits per heavy atom. The van der Waals surface area contributed by atoms with Crippen molar-refractivity contribution in [1.82, 2.24) is 9.88 Å². The number of rotatable bonds is 7. The summed E-state index contributed by atoms with van der Waals surface area (Å²) < 4.78 is 19.3. The molecule has 3 fully saturated rings. The van der Waals surface area contributed by atoms with Crippen LogP contribution in [0.5, 0.6) is 5.75 Å². The molecular weight excluding hydrogens is 444 g/mol. The van der Waals surface area contributed by atoms with Crippen molar-refractivity contribution >= 4 is 28.3 Å². The lowest BCUT2D eigenvalue weighted by Crippen LogP contribution is -2.41. The van der Waals surface area contributed by atoms with Crippen LogP contribution in [-0.4, -0.2) is 42.8 Å². The van der Waals surface area contributed by atoms with E-state index in [9.17, 15) is 4.79 Å². The number of benzene rings is 2. The van der Waals surface area contributed by atoms with Gasteiger partial charge in [0.2, 0.25) is 0 Å². The standard InChI is InChI=1S/C27H32N4O4/c28-25-22-12-11-21(35-16-24-33-13-14-34-24)15-23(22)31(20-5-2-6-20)26(25)17-7-9-19(10-8-17)30-27(32)29-18-3-1-4-18/h7-12,15,18,20,24H,1-6,13-14,16,28H2,(H2,29,30,32). The molecule has 2 saturated carbocycles. The second-order valence-electron chi connectivity index (χ2n) is 9.68. The second kappa shape index (κ2) is 9.43. The number of nitrogens with zero attached hydrogens (tertiary/aromatic N) is 1. The van der Waals surface area contributed by atoms with Gasteiger partial charge in [-0.3, -0.25) is 0 Å². The van der Waals surface area contributed by atoms with Crippen LogP contribution in [-0.2, 0) is 9.47 Å². The molecule has 2 aliphatic carbocycles. The molecule has 2 aromatic carbocycles. The number of ether oxygens (including phenoxy) is 3. The molecule has 0 spiro atoms. The van der Waals surface area contributed by atoms with E-state index in [0.717, 1.165) is 65.0 Å². The summed E-state index contributed by atoms with van der Waals surface area (Å²) in [7, 11) is 0. The van der Waals surface area contributed by atoms with Gasteiger partial charge in [0, 0.05) is 34.8 Å². The van der Waals surface area contributed by atoms with Crippen LogP contribution in [0.1, 0.15) is 44.6 Å². The van der Waals surface area contributed by atoms with Crippen LogP contribution in [0.4, 0.5) is 16.2 Å². The molecule has 8 nitrogen and oxygen atoms in total. The number of carbonyl (C=O) groups is 1. The number of nitrogen functional groups attached to an aromatic ring is 1. The van der Waals surface area contributed by atoms with Gasteiger partial charge < -0.3 is 35.1 Å². The number of aromatic nitrogens is 1. The monoisotopic (exact) mass is 476 g/mol. The molecule has 2 amide bonds. The van der Waals surface area contributed by atoms with Gasteiger partial charge in [-0.05, 0) is 62.8 Å². The lowest BCUT2D eigenvalue weighted by atomic mass is 9.92. The van der Waals surface area contributed by atoms with Crippen molar-refractivity contribution in [2.45, 2.75) is 56.9 Å². The van der Waals surface area contributed by atoms with Crippen molar-refractivity contribution in [2.24, 2.45) is 0 Å². The van der Waals surface area contributed by atoms with Gasteiger partial charge in [-0.25, -0.2) is 4.79 Å². The van der Waals surface area contributed by atoms with Crippen molar-refractivity contribution < 1.29 is 19.0 Å². The average Bonchev–Trinajstić information content (AvgIpc) is 3.41. The third-order valence-corrected chi connectivity index (χ3v) is 7.39. The zero-order chi connectivity index (χ0) is 23.8. The van der Waals surface area contributed by atoms with E-state index in [-0.39, 0.29) is 12.3 Å². The van der Waals surface area contributed by atoms with E-state index in [1.807, 2.05) is 36.4 Å². The lowest BCUT2D eigenvalue weighted by molar-refractivity contribution is -0.0683. The summed E-state index contributed by atoms with van der Waals surface area (Å²) in [5.74, 6) is 0.776. The zero-order valence-corrected chi connectivity index (χ0v) is 19.8. The van der Waals surface area contributed by atoms with E-state index in [4.69, 9.17) is 19.9 Å². The van der Waals surface area contributed by atoms with Crippen molar-refractivity contribution in [3.63, 3.8) is 0 Å². The van der Waals surface area contributed by atoms with Gasteiger partial charge in [-0.1, -0.05) is 12.1 Å². The molecule has 35 heavy (non-hydrogen) atoms. The fourth-order valence-electron chi connectivity index (χ4n) is 5.01. The van der Waals surface area contributed by atoms with Crippen molar-refractivity contribution in [3.8, 4) is 17.0 Å². The van der Waals surface area contributed by atoms with Crippen LogP contribution >= 0.6 is 0 Å². The summed E-state index contributed by atoms with van der Waals surface area (Å²) in [6.07, 6.45) is 6.48. The number of nitrogens with two attached hydrogens (primary N) is 1. The molecule has 8 heteroatoms. The van der Waals surface area contributed by atoms with Crippen LogP contribution in [0, 0.1) is 0 Å². The number of hydrogen-bond acceptors (Lipinski definition) is 5. The number of hydrogen-bond donors (Lipinski definition) is 3. The Hall–Kier alpha value is -3.23. The highest BCUT2D eigenvalue weighted by atomic mass is 16.7. The number of nitrogens with one attached hydrogen (secondary N) is 2. The van der Waals surface area contributed by atoms with E-state index < -0.39 is 0 Å².